The Morgan fingerprint density at radius 2 is 1.77 bits per heavy atom. The van der Waals surface area contributed by atoms with E-state index in [2.05, 4.69) is 41.4 Å². The molecule has 3 aromatic rings. The Kier molecular flexibility index (Phi) is 7.41. The maximum Gasteiger partial charge on any atom is 0.224 e. The van der Waals surface area contributed by atoms with Gasteiger partial charge in [0.2, 0.25) is 5.91 Å². The number of hydrogen-bond donors (Lipinski definition) is 1. The molecule has 0 aliphatic rings. The molecular weight excluding hydrogens is 396 g/mol. The van der Waals surface area contributed by atoms with E-state index < -0.39 is 0 Å². The van der Waals surface area contributed by atoms with Crippen LogP contribution in [0.2, 0.25) is 0 Å². The lowest BCUT2D eigenvalue weighted by molar-refractivity contribution is -0.130. The van der Waals surface area contributed by atoms with Gasteiger partial charge in [0.15, 0.2) is 10.6 Å². The van der Waals surface area contributed by atoms with Crippen LogP contribution in [0.5, 0.6) is 5.75 Å². The van der Waals surface area contributed by atoms with Crippen molar-refractivity contribution in [3.05, 3.63) is 64.4 Å². The number of hydrogen-bond acceptors (Lipinski definition) is 4. The minimum atomic E-state index is 0.0651. The van der Waals surface area contributed by atoms with E-state index >= 15 is 0 Å². The summed E-state index contributed by atoms with van der Waals surface area (Å²) in [4.78, 5) is 14.4. The second-order valence-electron chi connectivity index (χ2n) is 7.13. The summed E-state index contributed by atoms with van der Waals surface area (Å²) in [6.45, 7) is 5.76. The van der Waals surface area contributed by atoms with E-state index in [9.17, 15) is 4.79 Å². The van der Waals surface area contributed by atoms with Crippen LogP contribution in [0.4, 0.5) is 0 Å². The first-order valence-corrected chi connectivity index (χ1v) is 10.6. The van der Waals surface area contributed by atoms with Crippen LogP contribution < -0.4 is 4.74 Å². The highest BCUT2D eigenvalue weighted by Gasteiger charge is 2.14. The van der Waals surface area contributed by atoms with Gasteiger partial charge in [0.1, 0.15) is 5.75 Å². The van der Waals surface area contributed by atoms with Gasteiger partial charge in [-0.15, -0.1) is 0 Å². The molecule has 0 aliphatic heterocycles. The van der Waals surface area contributed by atoms with Crippen LogP contribution in [0.3, 0.4) is 0 Å². The molecular formula is C23H28N4O2S. The summed E-state index contributed by atoms with van der Waals surface area (Å²) >= 11 is 5.38. The number of ether oxygens (including phenoxy) is 1. The van der Waals surface area contributed by atoms with Gasteiger partial charge in [-0.2, -0.15) is 5.10 Å². The first-order chi connectivity index (χ1) is 14.5. The molecule has 0 atom stereocenters. The number of aromatic nitrogens is 3. The predicted molar refractivity (Wildman–Crippen MR) is 121 cm³/mol. The van der Waals surface area contributed by atoms with E-state index in [4.69, 9.17) is 17.0 Å². The smallest absolute Gasteiger partial charge is 0.224 e. The lowest BCUT2D eigenvalue weighted by Crippen LogP contribution is -2.27. The summed E-state index contributed by atoms with van der Waals surface area (Å²) in [5, 5.41) is 7.19. The van der Waals surface area contributed by atoms with E-state index in [-0.39, 0.29) is 5.91 Å². The first kappa shape index (κ1) is 21.8. The molecule has 6 nitrogen and oxygen atoms in total. The van der Waals surface area contributed by atoms with Crippen LogP contribution in [0.25, 0.3) is 11.4 Å². The molecule has 1 aromatic heterocycles. The number of rotatable bonds is 9. The van der Waals surface area contributed by atoms with E-state index in [0.717, 1.165) is 23.3 Å². The van der Waals surface area contributed by atoms with E-state index in [0.29, 0.717) is 36.7 Å². The van der Waals surface area contributed by atoms with Gasteiger partial charge < -0.3 is 9.64 Å². The van der Waals surface area contributed by atoms with Gasteiger partial charge in [0.05, 0.1) is 6.61 Å². The Morgan fingerprint density at radius 1 is 1.10 bits per heavy atom. The molecule has 0 radical (unpaired) electrons. The van der Waals surface area contributed by atoms with Crippen molar-refractivity contribution in [3.63, 3.8) is 0 Å². The van der Waals surface area contributed by atoms with Crippen molar-refractivity contribution in [2.24, 2.45) is 0 Å². The average molecular weight is 425 g/mol. The summed E-state index contributed by atoms with van der Waals surface area (Å²) < 4.78 is 7.87. The van der Waals surface area contributed by atoms with E-state index in [1.807, 2.05) is 42.8 Å². The highest BCUT2D eigenvalue weighted by molar-refractivity contribution is 7.71. The Bertz CT molecular complexity index is 1020. The minimum absolute atomic E-state index is 0.0651. The average Bonchev–Trinajstić information content (AvgIpc) is 3.13. The molecule has 30 heavy (non-hydrogen) atoms. The number of benzene rings is 2. The van der Waals surface area contributed by atoms with Gasteiger partial charge in [-0.3, -0.25) is 14.5 Å². The summed E-state index contributed by atoms with van der Waals surface area (Å²) in [7, 11) is 1.83. The van der Waals surface area contributed by atoms with Gasteiger partial charge >= 0.3 is 0 Å². The molecule has 7 heteroatoms. The third-order valence-electron chi connectivity index (χ3n) is 5.01. The third kappa shape index (κ3) is 5.36. The van der Waals surface area contributed by atoms with Crippen molar-refractivity contribution in [1.82, 2.24) is 19.7 Å². The van der Waals surface area contributed by atoms with Crippen LogP contribution in [0, 0.1) is 4.77 Å². The second kappa shape index (κ2) is 10.2. The molecule has 3 rings (SSSR count). The zero-order valence-electron chi connectivity index (χ0n) is 17.7. The number of nitrogens with one attached hydrogen (secondary N) is 1. The molecule has 0 saturated carbocycles. The SMILES string of the molecule is CCOc1ccc(-c2n[nH]c(=S)n2CCC(=O)N(C)Cc2ccc(CC)cc2)cc1. The summed E-state index contributed by atoms with van der Waals surface area (Å²) in [5.74, 6) is 1.59. The lowest BCUT2D eigenvalue weighted by atomic mass is 10.1. The molecule has 1 N–H and O–H groups in total. The van der Waals surface area contributed by atoms with Gasteiger partial charge in [-0.05, 0) is 61.0 Å². The second-order valence-corrected chi connectivity index (χ2v) is 7.52. The van der Waals surface area contributed by atoms with Crippen LogP contribution in [-0.4, -0.2) is 39.2 Å². The Morgan fingerprint density at radius 3 is 2.40 bits per heavy atom. The molecule has 2 aromatic carbocycles. The molecule has 158 valence electrons. The number of aromatic amines is 1. The Balaban J connectivity index is 1.64. The molecule has 1 amide bonds. The minimum Gasteiger partial charge on any atom is -0.494 e. The Hall–Kier alpha value is -2.93. The van der Waals surface area contributed by atoms with Crippen molar-refractivity contribution in [3.8, 4) is 17.1 Å². The fourth-order valence-electron chi connectivity index (χ4n) is 3.25. The van der Waals surface area contributed by atoms with Crippen molar-refractivity contribution < 1.29 is 9.53 Å². The number of carbonyl (C=O) groups is 1. The highest BCUT2D eigenvalue weighted by atomic mass is 32.1. The van der Waals surface area contributed by atoms with Crippen LogP contribution in [-0.2, 0) is 24.3 Å². The fraction of sp³-hybridized carbons (Fsp3) is 0.348. The van der Waals surface area contributed by atoms with Crippen LogP contribution in [0.15, 0.2) is 48.5 Å². The van der Waals surface area contributed by atoms with Crippen LogP contribution >= 0.6 is 12.2 Å². The third-order valence-corrected chi connectivity index (χ3v) is 5.32. The molecule has 0 unspecified atom stereocenters. The molecule has 1 heterocycles. The largest absolute Gasteiger partial charge is 0.494 e. The number of nitrogens with zero attached hydrogens (tertiary/aromatic N) is 3. The van der Waals surface area contributed by atoms with Gasteiger partial charge in [0.25, 0.3) is 0 Å². The van der Waals surface area contributed by atoms with E-state index in [1.165, 1.54) is 5.56 Å². The number of amides is 1. The molecule has 0 saturated heterocycles. The number of H-pyrrole nitrogens is 1. The zero-order chi connectivity index (χ0) is 21.5. The predicted octanol–water partition coefficient (Wildman–Crippen LogP) is 4.62. The molecule has 0 aliphatic carbocycles. The topological polar surface area (TPSA) is 63.1 Å². The monoisotopic (exact) mass is 424 g/mol. The maximum atomic E-state index is 12.7. The Labute approximate surface area is 182 Å². The highest BCUT2D eigenvalue weighted by Crippen LogP contribution is 2.21. The van der Waals surface area contributed by atoms with Gasteiger partial charge in [-0.1, -0.05) is 31.2 Å². The number of aryl methyl sites for hydroxylation is 1. The van der Waals surface area contributed by atoms with Crippen molar-refractivity contribution in [1.29, 1.82) is 0 Å². The van der Waals surface area contributed by atoms with Gasteiger partial charge in [0, 0.05) is 32.1 Å². The van der Waals surface area contributed by atoms with Crippen molar-refractivity contribution >= 4 is 18.1 Å². The molecule has 0 fully saturated rings. The normalized spacial score (nSPS) is 10.8. The first-order valence-electron chi connectivity index (χ1n) is 10.2. The van der Waals surface area contributed by atoms with Crippen molar-refractivity contribution in [2.45, 2.75) is 39.8 Å². The van der Waals surface area contributed by atoms with Gasteiger partial charge in [-0.25, -0.2) is 0 Å². The standard InChI is InChI=1S/C23H28N4O2S/c1-4-17-6-8-18(9-7-17)16-26(3)21(28)14-15-27-22(24-25-23(27)30)19-10-12-20(13-11-19)29-5-2/h6-13H,4-5,14-16H2,1-3H3,(H,25,30). The quantitative estimate of drug-likeness (QED) is 0.509. The lowest BCUT2D eigenvalue weighted by Gasteiger charge is -2.18. The fourth-order valence-corrected chi connectivity index (χ4v) is 3.48. The summed E-state index contributed by atoms with van der Waals surface area (Å²) in [6.07, 6.45) is 1.36. The molecule has 0 spiro atoms. The van der Waals surface area contributed by atoms with Crippen LogP contribution in [0.1, 0.15) is 31.4 Å². The number of carbonyl (C=O) groups excluding carboxylic acids is 1. The van der Waals surface area contributed by atoms with E-state index in [1.54, 1.807) is 4.90 Å². The summed E-state index contributed by atoms with van der Waals surface area (Å²) in [6, 6.07) is 16.1. The zero-order valence-corrected chi connectivity index (χ0v) is 18.5. The summed E-state index contributed by atoms with van der Waals surface area (Å²) in [5.41, 5.74) is 3.34. The van der Waals surface area contributed by atoms with Crippen molar-refractivity contribution in [2.75, 3.05) is 13.7 Å². The maximum absolute atomic E-state index is 12.7. The molecule has 0 bridgehead atoms.